The lowest BCUT2D eigenvalue weighted by atomic mass is 10.1. The van der Waals surface area contributed by atoms with Gasteiger partial charge in [-0.1, -0.05) is 43.3 Å². The summed E-state index contributed by atoms with van der Waals surface area (Å²) in [6.45, 7) is 4.62. The zero-order valence-electron chi connectivity index (χ0n) is 16.5. The van der Waals surface area contributed by atoms with E-state index in [2.05, 4.69) is 16.4 Å². The van der Waals surface area contributed by atoms with Gasteiger partial charge in [0.25, 0.3) is 0 Å². The van der Waals surface area contributed by atoms with Gasteiger partial charge in [0, 0.05) is 35.8 Å². The molecule has 2 N–H and O–H groups in total. The number of para-hydroxylation sites is 2. The minimum atomic E-state index is -0.164. The molecule has 3 rings (SSSR count). The Morgan fingerprint density at radius 1 is 1.07 bits per heavy atom. The second-order valence-corrected chi connectivity index (χ2v) is 7.04. The Balaban J connectivity index is 1.60. The number of amides is 2. The maximum Gasteiger partial charge on any atom is 0.244 e. The number of H-pyrrole nitrogens is 1. The smallest absolute Gasteiger partial charge is 0.244 e. The highest BCUT2D eigenvalue weighted by molar-refractivity contribution is 5.95. The van der Waals surface area contributed by atoms with Gasteiger partial charge in [0.1, 0.15) is 0 Å². The van der Waals surface area contributed by atoms with E-state index in [9.17, 15) is 9.59 Å². The molecule has 0 atom stereocenters. The molecule has 0 aliphatic rings. The van der Waals surface area contributed by atoms with Crippen LogP contribution in [-0.2, 0) is 16.0 Å². The molecule has 3 aromatic rings. The summed E-state index contributed by atoms with van der Waals surface area (Å²) in [5, 5.41) is 4.06. The Morgan fingerprint density at radius 3 is 2.61 bits per heavy atom. The van der Waals surface area contributed by atoms with Crippen molar-refractivity contribution in [3.63, 3.8) is 0 Å². The third kappa shape index (κ3) is 4.80. The van der Waals surface area contributed by atoms with Gasteiger partial charge in [-0.3, -0.25) is 9.59 Å². The molecule has 2 amide bonds. The fourth-order valence-electron chi connectivity index (χ4n) is 3.38. The predicted octanol–water partition coefficient (Wildman–Crippen LogP) is 4.29. The SMILES string of the molecule is CCCN(CC(=O)Nc1ccccc1C)C(=O)CCc1c[nH]c2ccccc12. The van der Waals surface area contributed by atoms with Crippen molar-refractivity contribution in [1.82, 2.24) is 9.88 Å². The molecule has 28 heavy (non-hydrogen) atoms. The molecule has 0 aliphatic heterocycles. The summed E-state index contributed by atoms with van der Waals surface area (Å²) in [5.41, 5.74) is 4.00. The van der Waals surface area contributed by atoms with E-state index in [1.807, 2.05) is 62.5 Å². The average Bonchev–Trinajstić information content (AvgIpc) is 3.11. The third-order valence-electron chi connectivity index (χ3n) is 4.88. The molecule has 5 nitrogen and oxygen atoms in total. The largest absolute Gasteiger partial charge is 0.361 e. The maximum atomic E-state index is 12.8. The van der Waals surface area contributed by atoms with E-state index in [4.69, 9.17) is 0 Å². The molecule has 146 valence electrons. The molecule has 0 aliphatic carbocycles. The summed E-state index contributed by atoms with van der Waals surface area (Å²) < 4.78 is 0. The number of hydrogen-bond donors (Lipinski definition) is 2. The van der Waals surface area contributed by atoms with E-state index in [-0.39, 0.29) is 18.4 Å². The number of fused-ring (bicyclic) bond motifs is 1. The van der Waals surface area contributed by atoms with Gasteiger partial charge < -0.3 is 15.2 Å². The van der Waals surface area contributed by atoms with E-state index >= 15 is 0 Å². The molecular formula is C23H27N3O2. The first-order valence-electron chi connectivity index (χ1n) is 9.76. The van der Waals surface area contributed by atoms with Crippen LogP contribution in [0.15, 0.2) is 54.7 Å². The number of benzene rings is 2. The Kier molecular flexibility index (Phi) is 6.48. The Morgan fingerprint density at radius 2 is 1.82 bits per heavy atom. The molecule has 1 aromatic heterocycles. The standard InChI is InChI=1S/C23H27N3O2/c1-3-14-26(16-22(27)25-20-10-6-4-8-17(20)2)23(28)13-12-18-15-24-21-11-7-5-9-19(18)21/h4-11,15,24H,3,12-14,16H2,1-2H3,(H,25,27). The molecule has 2 aromatic carbocycles. The van der Waals surface area contributed by atoms with Crippen LogP contribution in [0.5, 0.6) is 0 Å². The second kappa shape index (κ2) is 9.22. The number of carbonyl (C=O) groups excluding carboxylic acids is 2. The van der Waals surface area contributed by atoms with E-state index in [0.717, 1.165) is 34.1 Å². The van der Waals surface area contributed by atoms with Gasteiger partial charge in [-0.2, -0.15) is 0 Å². The number of nitrogens with one attached hydrogen (secondary N) is 2. The number of aromatic nitrogens is 1. The van der Waals surface area contributed by atoms with Crippen molar-refractivity contribution in [1.29, 1.82) is 0 Å². The molecule has 0 unspecified atom stereocenters. The van der Waals surface area contributed by atoms with Crippen molar-refractivity contribution >= 4 is 28.4 Å². The first-order chi connectivity index (χ1) is 13.6. The lowest BCUT2D eigenvalue weighted by Gasteiger charge is -2.22. The van der Waals surface area contributed by atoms with E-state index in [1.54, 1.807) is 4.90 Å². The van der Waals surface area contributed by atoms with Crippen molar-refractivity contribution in [2.45, 2.75) is 33.1 Å². The molecule has 0 bridgehead atoms. The molecular weight excluding hydrogens is 350 g/mol. The molecule has 0 spiro atoms. The number of hydrogen-bond acceptors (Lipinski definition) is 2. The molecule has 1 heterocycles. The Labute approximate surface area is 165 Å². The molecule has 5 heteroatoms. The Bertz CT molecular complexity index is 961. The molecule has 0 saturated heterocycles. The number of carbonyl (C=O) groups is 2. The van der Waals surface area contributed by atoms with Crippen molar-refractivity contribution in [2.75, 3.05) is 18.4 Å². The van der Waals surface area contributed by atoms with Crippen molar-refractivity contribution < 1.29 is 9.59 Å². The number of aromatic amines is 1. The summed E-state index contributed by atoms with van der Waals surface area (Å²) in [4.78, 5) is 30.1. The number of anilines is 1. The monoisotopic (exact) mass is 377 g/mol. The summed E-state index contributed by atoms with van der Waals surface area (Å²) in [5.74, 6) is -0.157. The lowest BCUT2D eigenvalue weighted by molar-refractivity contribution is -0.134. The summed E-state index contributed by atoms with van der Waals surface area (Å²) in [7, 11) is 0. The van der Waals surface area contributed by atoms with Crippen LogP contribution in [0.3, 0.4) is 0 Å². The molecule has 0 radical (unpaired) electrons. The lowest BCUT2D eigenvalue weighted by Crippen LogP contribution is -2.38. The van der Waals surface area contributed by atoms with Crippen LogP contribution in [-0.4, -0.2) is 34.8 Å². The van der Waals surface area contributed by atoms with Crippen LogP contribution in [0.4, 0.5) is 5.69 Å². The normalized spacial score (nSPS) is 10.8. The fraction of sp³-hybridized carbons (Fsp3) is 0.304. The Hall–Kier alpha value is -3.08. The van der Waals surface area contributed by atoms with Crippen LogP contribution in [0, 0.1) is 6.92 Å². The number of aryl methyl sites for hydroxylation is 2. The third-order valence-corrected chi connectivity index (χ3v) is 4.88. The van der Waals surface area contributed by atoms with Crippen LogP contribution >= 0.6 is 0 Å². The summed E-state index contributed by atoms with van der Waals surface area (Å²) >= 11 is 0. The van der Waals surface area contributed by atoms with Crippen LogP contribution < -0.4 is 5.32 Å². The number of rotatable bonds is 8. The van der Waals surface area contributed by atoms with E-state index in [1.165, 1.54) is 0 Å². The van der Waals surface area contributed by atoms with Crippen LogP contribution in [0.1, 0.15) is 30.9 Å². The van der Waals surface area contributed by atoms with E-state index < -0.39 is 0 Å². The average molecular weight is 377 g/mol. The van der Waals surface area contributed by atoms with Crippen molar-refractivity contribution in [3.05, 3.63) is 65.9 Å². The van der Waals surface area contributed by atoms with E-state index in [0.29, 0.717) is 19.4 Å². The highest BCUT2D eigenvalue weighted by Crippen LogP contribution is 2.19. The zero-order valence-corrected chi connectivity index (χ0v) is 16.5. The second-order valence-electron chi connectivity index (χ2n) is 7.04. The van der Waals surface area contributed by atoms with Gasteiger partial charge in [-0.25, -0.2) is 0 Å². The van der Waals surface area contributed by atoms with Gasteiger partial charge in [0.2, 0.25) is 11.8 Å². The molecule has 0 saturated carbocycles. The van der Waals surface area contributed by atoms with Crippen LogP contribution in [0.25, 0.3) is 10.9 Å². The highest BCUT2D eigenvalue weighted by atomic mass is 16.2. The van der Waals surface area contributed by atoms with Crippen molar-refractivity contribution in [3.8, 4) is 0 Å². The minimum Gasteiger partial charge on any atom is -0.361 e. The van der Waals surface area contributed by atoms with Crippen molar-refractivity contribution in [2.24, 2.45) is 0 Å². The zero-order chi connectivity index (χ0) is 19.9. The minimum absolute atomic E-state index is 0.00654. The first kappa shape index (κ1) is 19.7. The molecule has 0 fully saturated rings. The summed E-state index contributed by atoms with van der Waals surface area (Å²) in [6, 6.07) is 15.7. The maximum absolute atomic E-state index is 12.8. The fourth-order valence-corrected chi connectivity index (χ4v) is 3.38. The van der Waals surface area contributed by atoms with Gasteiger partial charge in [-0.15, -0.1) is 0 Å². The quantitative estimate of drug-likeness (QED) is 0.615. The first-order valence-corrected chi connectivity index (χ1v) is 9.76. The van der Waals surface area contributed by atoms with Gasteiger partial charge in [-0.05, 0) is 43.0 Å². The number of nitrogens with zero attached hydrogens (tertiary/aromatic N) is 1. The van der Waals surface area contributed by atoms with Gasteiger partial charge in [0.15, 0.2) is 0 Å². The topological polar surface area (TPSA) is 65.2 Å². The van der Waals surface area contributed by atoms with Crippen LogP contribution in [0.2, 0.25) is 0 Å². The van der Waals surface area contributed by atoms with Gasteiger partial charge >= 0.3 is 0 Å². The highest BCUT2D eigenvalue weighted by Gasteiger charge is 2.17. The summed E-state index contributed by atoms with van der Waals surface area (Å²) in [6.07, 6.45) is 3.82. The van der Waals surface area contributed by atoms with Gasteiger partial charge in [0.05, 0.1) is 6.54 Å². The predicted molar refractivity (Wildman–Crippen MR) is 113 cm³/mol.